The van der Waals surface area contributed by atoms with Gasteiger partial charge in [-0.3, -0.25) is 4.79 Å². The third-order valence-electron chi connectivity index (χ3n) is 14.0. The lowest BCUT2D eigenvalue weighted by molar-refractivity contribution is -0.359. The molecule has 2 aliphatic heterocycles. The molecule has 0 bridgehead atoms. The largest absolute Gasteiger partial charge is 0.394 e. The predicted molar refractivity (Wildman–Crippen MR) is 281 cm³/mol. The molecule has 0 aliphatic carbocycles. The fraction of sp³-hybridized carbons (Fsp3) is 0.877. The van der Waals surface area contributed by atoms with E-state index in [1.807, 2.05) is 6.08 Å². The van der Waals surface area contributed by atoms with Gasteiger partial charge in [0.1, 0.15) is 48.8 Å². The van der Waals surface area contributed by atoms with Gasteiger partial charge in [0.15, 0.2) is 12.6 Å². The zero-order chi connectivity index (χ0) is 51.7. The van der Waals surface area contributed by atoms with Gasteiger partial charge in [0.2, 0.25) is 5.91 Å². The molecule has 71 heavy (non-hydrogen) atoms. The standard InChI is InChI=1S/C57H105NO13/c1-3-5-7-9-11-13-15-17-19-21-22-23-24-25-26-28-30-32-34-36-38-40-46(61)45(58-49(62)41-39-37-35-33-31-29-27-20-18-16-14-12-10-8-6-4-2)44-68-56-54(67)52(65)55(48(43-60)70-56)71-57-53(66)51(64)50(63)47(42-59)69-57/h20,27,30,32,38,40,45-48,50-57,59-61,63-67H,3-19,21-26,28-29,31,33-37,39,41-44H2,1-2H3,(H,58,62)/b27-20-,32-30+,40-38+. The van der Waals surface area contributed by atoms with Crippen LogP contribution in [0.5, 0.6) is 0 Å². The Labute approximate surface area is 430 Å². The third-order valence-corrected chi connectivity index (χ3v) is 14.0. The van der Waals surface area contributed by atoms with E-state index in [1.165, 1.54) is 141 Å². The maximum Gasteiger partial charge on any atom is 0.220 e. The van der Waals surface area contributed by atoms with E-state index in [1.54, 1.807) is 6.08 Å². The van der Waals surface area contributed by atoms with Gasteiger partial charge in [-0.1, -0.05) is 198 Å². The molecule has 0 spiro atoms. The molecule has 9 N–H and O–H groups in total. The molecule has 2 aliphatic rings. The Morgan fingerprint density at radius 3 is 1.38 bits per heavy atom. The molecular weight excluding hydrogens is 907 g/mol. The quantitative estimate of drug-likeness (QED) is 0.0205. The van der Waals surface area contributed by atoms with Crippen molar-refractivity contribution >= 4 is 5.91 Å². The summed E-state index contributed by atoms with van der Waals surface area (Å²) in [5.74, 6) is -0.257. The van der Waals surface area contributed by atoms with E-state index in [9.17, 15) is 45.6 Å². The van der Waals surface area contributed by atoms with Gasteiger partial charge < -0.3 is 65.1 Å². The molecule has 0 aromatic carbocycles. The number of hydrogen-bond acceptors (Lipinski definition) is 13. The number of allylic oxidation sites excluding steroid dienone is 5. The Morgan fingerprint density at radius 2 is 0.901 bits per heavy atom. The molecule has 14 heteroatoms. The summed E-state index contributed by atoms with van der Waals surface area (Å²) >= 11 is 0. The number of nitrogens with one attached hydrogen (secondary N) is 1. The van der Waals surface area contributed by atoms with E-state index in [2.05, 4.69) is 43.5 Å². The molecule has 2 heterocycles. The lowest BCUT2D eigenvalue weighted by atomic mass is 9.97. The van der Waals surface area contributed by atoms with E-state index in [0.717, 1.165) is 51.4 Å². The number of aliphatic hydroxyl groups excluding tert-OH is 8. The van der Waals surface area contributed by atoms with Crippen molar-refractivity contribution in [2.24, 2.45) is 0 Å². The highest BCUT2D eigenvalue weighted by molar-refractivity contribution is 5.76. The fourth-order valence-electron chi connectivity index (χ4n) is 9.36. The number of hydrogen-bond donors (Lipinski definition) is 9. The average Bonchev–Trinajstić information content (AvgIpc) is 3.37. The van der Waals surface area contributed by atoms with Crippen LogP contribution in [-0.2, 0) is 23.7 Å². The number of aliphatic hydroxyl groups is 8. The van der Waals surface area contributed by atoms with Crippen molar-refractivity contribution in [3.8, 4) is 0 Å². The number of unbranched alkanes of at least 4 members (excludes halogenated alkanes) is 28. The highest BCUT2D eigenvalue weighted by atomic mass is 16.7. The maximum absolute atomic E-state index is 13.2. The van der Waals surface area contributed by atoms with Crippen molar-refractivity contribution < 1.29 is 64.6 Å². The Balaban J connectivity index is 1.81. The van der Waals surface area contributed by atoms with E-state index in [0.29, 0.717) is 12.8 Å². The number of ether oxygens (including phenoxy) is 4. The minimum absolute atomic E-state index is 0.257. The SMILES string of the molecule is CCCCCCCCC/C=C\CCCCCCCC(=O)NC(COC1OC(CO)C(OC2OC(CO)C(O)C(O)C2O)C(O)C1O)C(O)/C=C/CC/C=C/CCCCCCCCCCCCCCCCC. The molecule has 2 rings (SSSR count). The highest BCUT2D eigenvalue weighted by Gasteiger charge is 2.51. The van der Waals surface area contributed by atoms with E-state index >= 15 is 0 Å². The Bertz CT molecular complexity index is 1330. The van der Waals surface area contributed by atoms with Crippen LogP contribution in [0.3, 0.4) is 0 Å². The van der Waals surface area contributed by atoms with Crippen LogP contribution in [0.4, 0.5) is 0 Å². The van der Waals surface area contributed by atoms with Crippen LogP contribution in [0.2, 0.25) is 0 Å². The minimum Gasteiger partial charge on any atom is -0.394 e. The molecule has 0 aromatic rings. The van der Waals surface area contributed by atoms with Crippen LogP contribution in [0, 0.1) is 0 Å². The maximum atomic E-state index is 13.2. The smallest absolute Gasteiger partial charge is 0.220 e. The molecule has 14 nitrogen and oxygen atoms in total. The molecule has 416 valence electrons. The predicted octanol–water partition coefficient (Wildman–Crippen LogP) is 9.05. The Hall–Kier alpha value is -1.79. The van der Waals surface area contributed by atoms with Gasteiger partial charge in [-0.15, -0.1) is 0 Å². The second-order valence-corrected chi connectivity index (χ2v) is 20.4. The van der Waals surface area contributed by atoms with Gasteiger partial charge in [0, 0.05) is 6.42 Å². The summed E-state index contributed by atoms with van der Waals surface area (Å²) in [6.45, 7) is 2.78. The second-order valence-electron chi connectivity index (χ2n) is 20.4. The van der Waals surface area contributed by atoms with Crippen molar-refractivity contribution in [3.05, 3.63) is 36.5 Å². The summed E-state index contributed by atoms with van der Waals surface area (Å²) in [4.78, 5) is 13.2. The van der Waals surface area contributed by atoms with Crippen LogP contribution < -0.4 is 5.32 Å². The average molecular weight is 1010 g/mol. The first-order valence-electron chi connectivity index (χ1n) is 28.7. The van der Waals surface area contributed by atoms with Gasteiger partial charge in [-0.2, -0.15) is 0 Å². The van der Waals surface area contributed by atoms with E-state index in [-0.39, 0.29) is 18.9 Å². The first-order valence-corrected chi connectivity index (χ1v) is 28.7. The molecule has 2 fully saturated rings. The molecule has 0 saturated carbocycles. The summed E-state index contributed by atoms with van der Waals surface area (Å²) in [6, 6.07) is -0.934. The molecule has 12 atom stereocenters. The monoisotopic (exact) mass is 1010 g/mol. The summed E-state index contributed by atoms with van der Waals surface area (Å²) in [6.07, 6.45) is 34.7. The van der Waals surface area contributed by atoms with Gasteiger partial charge in [0.05, 0.1) is 32.0 Å². The molecule has 0 radical (unpaired) electrons. The summed E-state index contributed by atoms with van der Waals surface area (Å²) in [7, 11) is 0. The van der Waals surface area contributed by atoms with Crippen molar-refractivity contribution in [2.45, 2.75) is 299 Å². The molecule has 2 saturated heterocycles. The molecular formula is C57H105NO13. The van der Waals surface area contributed by atoms with E-state index in [4.69, 9.17) is 18.9 Å². The van der Waals surface area contributed by atoms with Crippen LogP contribution in [0.25, 0.3) is 0 Å². The summed E-state index contributed by atoms with van der Waals surface area (Å²) in [5.41, 5.74) is 0. The Morgan fingerprint density at radius 1 is 0.493 bits per heavy atom. The molecule has 1 amide bonds. The Kier molecular flexibility index (Phi) is 40.0. The van der Waals surface area contributed by atoms with Crippen LogP contribution in [0.1, 0.15) is 226 Å². The van der Waals surface area contributed by atoms with E-state index < -0.39 is 86.8 Å². The van der Waals surface area contributed by atoms with Crippen LogP contribution in [-0.4, -0.2) is 140 Å². The van der Waals surface area contributed by atoms with Gasteiger partial charge in [-0.25, -0.2) is 0 Å². The zero-order valence-electron chi connectivity index (χ0n) is 44.5. The van der Waals surface area contributed by atoms with Crippen LogP contribution in [0.15, 0.2) is 36.5 Å². The van der Waals surface area contributed by atoms with Crippen molar-refractivity contribution in [1.82, 2.24) is 5.32 Å². The zero-order valence-corrected chi connectivity index (χ0v) is 44.5. The summed E-state index contributed by atoms with van der Waals surface area (Å²) < 4.78 is 22.7. The van der Waals surface area contributed by atoms with Crippen molar-refractivity contribution in [3.63, 3.8) is 0 Å². The normalized spacial score (nSPS) is 26.0. The van der Waals surface area contributed by atoms with Gasteiger partial charge in [-0.05, 0) is 57.8 Å². The minimum atomic E-state index is -1.79. The van der Waals surface area contributed by atoms with Crippen molar-refractivity contribution in [1.29, 1.82) is 0 Å². The topological polar surface area (TPSA) is 228 Å². The second kappa shape index (κ2) is 43.4. The van der Waals surface area contributed by atoms with Crippen LogP contribution >= 0.6 is 0 Å². The summed E-state index contributed by atoms with van der Waals surface area (Å²) in [5, 5.41) is 86.9. The van der Waals surface area contributed by atoms with Gasteiger partial charge >= 0.3 is 0 Å². The molecule has 0 aromatic heterocycles. The first-order chi connectivity index (χ1) is 34.6. The number of amides is 1. The lowest BCUT2D eigenvalue weighted by Crippen LogP contribution is -2.65. The van der Waals surface area contributed by atoms with Gasteiger partial charge in [0.25, 0.3) is 0 Å². The number of carbonyl (C=O) groups is 1. The first kappa shape index (κ1) is 65.3. The lowest BCUT2D eigenvalue weighted by Gasteiger charge is -2.46. The number of rotatable bonds is 45. The fourth-order valence-corrected chi connectivity index (χ4v) is 9.36. The highest BCUT2D eigenvalue weighted by Crippen LogP contribution is 2.30. The van der Waals surface area contributed by atoms with Crippen molar-refractivity contribution in [2.75, 3.05) is 19.8 Å². The third kappa shape index (κ3) is 29.8. The number of carbonyl (C=O) groups excluding carboxylic acids is 1. The molecule has 12 unspecified atom stereocenters.